The van der Waals surface area contributed by atoms with Crippen LogP contribution in [-0.4, -0.2) is 30.0 Å². The minimum absolute atomic E-state index is 0.0165. The summed E-state index contributed by atoms with van der Waals surface area (Å²) in [6.45, 7) is -0.376. The van der Waals surface area contributed by atoms with Crippen LogP contribution < -0.4 is 0 Å². The van der Waals surface area contributed by atoms with E-state index in [-0.39, 0.29) is 55.9 Å². The van der Waals surface area contributed by atoms with Crippen molar-refractivity contribution in [3.8, 4) is 0 Å². The molecule has 0 saturated carbocycles. The minimum Gasteiger partial charge on any atom is -0.266 e. The van der Waals surface area contributed by atoms with Gasteiger partial charge in [0.05, 0.1) is 23.3 Å². The van der Waals surface area contributed by atoms with Gasteiger partial charge in [0.1, 0.15) is 9.79 Å². The van der Waals surface area contributed by atoms with E-state index in [1.54, 1.807) is 0 Å². The van der Waals surface area contributed by atoms with Crippen LogP contribution in [0.4, 0.5) is 0 Å². The van der Waals surface area contributed by atoms with E-state index < -0.39 is 20.2 Å². The molecule has 6 nitrogen and oxygen atoms in total. The Morgan fingerprint density at radius 3 is 1.36 bits per heavy atom. The zero-order valence-electron chi connectivity index (χ0n) is 14.1. The molecule has 0 fully saturated rings. The molecule has 2 aromatic carbocycles. The van der Waals surface area contributed by atoms with Crippen molar-refractivity contribution in [2.24, 2.45) is 0 Å². The molecule has 12 heteroatoms. The highest BCUT2D eigenvalue weighted by Gasteiger charge is 2.21. The van der Waals surface area contributed by atoms with Gasteiger partial charge in [0.25, 0.3) is 20.2 Å². The fourth-order valence-corrected chi connectivity index (χ4v) is 5.37. The number of benzene rings is 2. The van der Waals surface area contributed by atoms with Crippen LogP contribution in [0.15, 0.2) is 46.2 Å². The van der Waals surface area contributed by atoms with Gasteiger partial charge in [-0.05, 0) is 49.2 Å². The molecular weight excluding hydrogens is 494 g/mol. The van der Waals surface area contributed by atoms with Gasteiger partial charge in [0.2, 0.25) is 0 Å². The second-order valence-electron chi connectivity index (χ2n) is 5.41. The quantitative estimate of drug-likeness (QED) is 0.342. The molecule has 0 saturated heterocycles. The van der Waals surface area contributed by atoms with E-state index in [0.717, 1.165) is 0 Å². The van der Waals surface area contributed by atoms with Crippen LogP contribution in [0.25, 0.3) is 0 Å². The van der Waals surface area contributed by atoms with Crippen molar-refractivity contribution in [2.45, 2.75) is 22.6 Å². The number of hydrogen-bond donors (Lipinski definition) is 0. The summed E-state index contributed by atoms with van der Waals surface area (Å²) in [4.78, 5) is -0.479. The maximum absolute atomic E-state index is 12.1. The predicted octanol–water partition coefficient (Wildman–Crippen LogP) is 5.19. The Balaban J connectivity index is 1.85. The Morgan fingerprint density at radius 1 is 0.643 bits per heavy atom. The molecule has 0 aliphatic heterocycles. The maximum Gasteiger partial charge on any atom is 0.298 e. The van der Waals surface area contributed by atoms with Crippen molar-refractivity contribution in [3.63, 3.8) is 0 Å². The molecule has 28 heavy (non-hydrogen) atoms. The fourth-order valence-electron chi connectivity index (χ4n) is 2.01. The summed E-state index contributed by atoms with van der Waals surface area (Å²) in [6, 6.07) is 7.96. The molecule has 0 heterocycles. The third kappa shape index (κ3) is 6.47. The molecule has 2 aromatic rings. The average Bonchev–Trinajstić information content (AvgIpc) is 2.61. The zero-order chi connectivity index (χ0) is 20.9. The van der Waals surface area contributed by atoms with Gasteiger partial charge in [-0.25, -0.2) is 0 Å². The Bertz CT molecular complexity index is 969. The normalized spacial score (nSPS) is 12.3. The molecule has 0 bridgehead atoms. The van der Waals surface area contributed by atoms with Crippen molar-refractivity contribution in [2.75, 3.05) is 13.2 Å². The largest absolute Gasteiger partial charge is 0.298 e. The standard InChI is InChI=1S/C16H14Cl4O6S2/c17-11-3-5-13(19)15(9-11)27(21,22)25-7-1-2-8-26-28(23,24)16-10-12(18)4-6-14(16)20/h3-6,9-10H,1-2,7-8H2. The molecule has 0 aliphatic rings. The van der Waals surface area contributed by atoms with Gasteiger partial charge in [-0.2, -0.15) is 16.8 Å². The molecule has 0 unspecified atom stereocenters. The van der Waals surface area contributed by atoms with Crippen molar-refractivity contribution in [3.05, 3.63) is 56.5 Å². The van der Waals surface area contributed by atoms with Crippen LogP contribution >= 0.6 is 46.4 Å². The number of rotatable bonds is 9. The van der Waals surface area contributed by atoms with E-state index in [1.165, 1.54) is 36.4 Å². The smallest absolute Gasteiger partial charge is 0.266 e. The third-order valence-electron chi connectivity index (χ3n) is 3.34. The van der Waals surface area contributed by atoms with E-state index in [1.807, 2.05) is 0 Å². The second-order valence-corrected chi connectivity index (χ2v) is 10.3. The van der Waals surface area contributed by atoms with E-state index in [4.69, 9.17) is 54.8 Å². The summed E-state index contributed by atoms with van der Waals surface area (Å²) in [5, 5.41) is 0.365. The molecule has 154 valence electrons. The summed E-state index contributed by atoms with van der Waals surface area (Å²) < 4.78 is 58.3. The van der Waals surface area contributed by atoms with Crippen LogP contribution in [-0.2, 0) is 28.6 Å². The lowest BCUT2D eigenvalue weighted by Crippen LogP contribution is -2.11. The SMILES string of the molecule is O=S(=O)(OCCCCOS(=O)(=O)c1cc(Cl)ccc1Cl)c1cc(Cl)ccc1Cl. The molecule has 0 amide bonds. The van der Waals surface area contributed by atoms with E-state index in [2.05, 4.69) is 0 Å². The Hall–Kier alpha value is -0.580. The van der Waals surface area contributed by atoms with Gasteiger partial charge in [-0.3, -0.25) is 8.37 Å². The summed E-state index contributed by atoms with van der Waals surface area (Å²) in [5.41, 5.74) is 0. The lowest BCUT2D eigenvalue weighted by Gasteiger charge is -2.09. The highest BCUT2D eigenvalue weighted by Crippen LogP contribution is 2.27. The lowest BCUT2D eigenvalue weighted by molar-refractivity contribution is 0.270. The zero-order valence-corrected chi connectivity index (χ0v) is 18.7. The minimum atomic E-state index is -4.09. The predicted molar refractivity (Wildman–Crippen MR) is 108 cm³/mol. The topological polar surface area (TPSA) is 86.7 Å². The van der Waals surface area contributed by atoms with Gasteiger partial charge in [0.15, 0.2) is 0 Å². The first-order chi connectivity index (χ1) is 13.0. The monoisotopic (exact) mass is 506 g/mol. The third-order valence-corrected chi connectivity index (χ3v) is 7.40. The van der Waals surface area contributed by atoms with E-state index in [9.17, 15) is 16.8 Å². The first kappa shape index (κ1) is 23.7. The Morgan fingerprint density at radius 2 is 1.00 bits per heavy atom. The van der Waals surface area contributed by atoms with Crippen LogP contribution in [0, 0.1) is 0 Å². The summed E-state index contributed by atoms with van der Waals surface area (Å²) in [5.74, 6) is 0. The molecule has 2 rings (SSSR count). The van der Waals surface area contributed by atoms with Gasteiger partial charge < -0.3 is 0 Å². The summed E-state index contributed by atoms with van der Waals surface area (Å²) in [7, 11) is -8.18. The maximum atomic E-state index is 12.1. The van der Waals surface area contributed by atoms with Crippen LogP contribution in [0.5, 0.6) is 0 Å². The summed E-state index contributed by atoms with van der Waals surface area (Å²) >= 11 is 23.2. The van der Waals surface area contributed by atoms with Crippen molar-refractivity contribution >= 4 is 66.6 Å². The van der Waals surface area contributed by atoms with Gasteiger partial charge >= 0.3 is 0 Å². The first-order valence-electron chi connectivity index (χ1n) is 7.72. The summed E-state index contributed by atoms with van der Waals surface area (Å²) in [6.07, 6.45) is 0.437. The highest BCUT2D eigenvalue weighted by molar-refractivity contribution is 7.87. The molecule has 0 atom stereocenters. The van der Waals surface area contributed by atoms with Crippen molar-refractivity contribution < 1.29 is 25.2 Å². The Labute approximate surface area is 183 Å². The Kier molecular flexibility index (Phi) is 8.42. The van der Waals surface area contributed by atoms with Gasteiger partial charge in [-0.1, -0.05) is 46.4 Å². The number of hydrogen-bond acceptors (Lipinski definition) is 6. The van der Waals surface area contributed by atoms with Crippen LogP contribution in [0.2, 0.25) is 20.1 Å². The molecule has 0 radical (unpaired) electrons. The molecular formula is C16H14Cl4O6S2. The van der Waals surface area contributed by atoms with Crippen LogP contribution in [0.3, 0.4) is 0 Å². The number of halogens is 4. The van der Waals surface area contributed by atoms with Gasteiger partial charge in [0, 0.05) is 10.0 Å². The van der Waals surface area contributed by atoms with E-state index in [0.29, 0.717) is 0 Å². The van der Waals surface area contributed by atoms with Crippen LogP contribution in [0.1, 0.15) is 12.8 Å². The first-order valence-corrected chi connectivity index (χ1v) is 12.0. The number of unbranched alkanes of at least 4 members (excludes halogenated alkanes) is 1. The lowest BCUT2D eigenvalue weighted by atomic mass is 10.3. The van der Waals surface area contributed by atoms with Crippen molar-refractivity contribution in [1.29, 1.82) is 0 Å². The second kappa shape index (κ2) is 9.95. The molecule has 0 N–H and O–H groups in total. The van der Waals surface area contributed by atoms with Crippen molar-refractivity contribution in [1.82, 2.24) is 0 Å². The van der Waals surface area contributed by atoms with E-state index >= 15 is 0 Å². The molecule has 0 aromatic heterocycles. The molecule has 0 spiro atoms. The highest BCUT2D eigenvalue weighted by atomic mass is 35.5. The average molecular weight is 508 g/mol. The fraction of sp³-hybridized carbons (Fsp3) is 0.250. The molecule has 0 aliphatic carbocycles. The van der Waals surface area contributed by atoms with Gasteiger partial charge in [-0.15, -0.1) is 0 Å².